The summed E-state index contributed by atoms with van der Waals surface area (Å²) >= 11 is 11.6. The molecular weight excluding hydrogens is 221 g/mol. The molecule has 1 heterocycles. The average molecular weight is 236 g/mol. The van der Waals surface area contributed by atoms with Crippen molar-refractivity contribution in [2.45, 2.75) is 20.8 Å². The van der Waals surface area contributed by atoms with E-state index in [9.17, 15) is 0 Å². The van der Waals surface area contributed by atoms with Crippen LogP contribution in [0.15, 0.2) is 0 Å². The Labute approximate surface area is 95.1 Å². The van der Waals surface area contributed by atoms with Gasteiger partial charge < -0.3 is 4.90 Å². The van der Waals surface area contributed by atoms with Gasteiger partial charge in [-0.2, -0.15) is 0 Å². The third-order valence-corrected chi connectivity index (χ3v) is 2.15. The molecule has 0 N–H and O–H groups in total. The van der Waals surface area contributed by atoms with Crippen molar-refractivity contribution in [1.82, 2.24) is 9.97 Å². The monoisotopic (exact) mass is 235 g/mol. The van der Waals surface area contributed by atoms with E-state index in [0.717, 1.165) is 0 Å². The van der Waals surface area contributed by atoms with Gasteiger partial charge in [0.05, 0.1) is 0 Å². The minimum absolute atomic E-state index is 0.402. The van der Waals surface area contributed by atoms with Crippen LogP contribution in [0, 0.1) is 6.92 Å². The van der Waals surface area contributed by atoms with Crippen LogP contribution in [0.3, 0.4) is 0 Å². The molecule has 0 bridgehead atoms. The fraction of sp³-hybridized carbons (Fsp3) is 0.556. The second-order valence-corrected chi connectivity index (χ2v) is 3.34. The molecule has 80 valence electrons. The zero-order valence-corrected chi connectivity index (χ0v) is 10.6. The number of anilines is 1. The summed E-state index contributed by atoms with van der Waals surface area (Å²) in [7, 11) is 3.66. The van der Waals surface area contributed by atoms with Gasteiger partial charge >= 0.3 is 0 Å². The maximum Gasteiger partial charge on any atom is 0.227 e. The van der Waals surface area contributed by atoms with Crippen LogP contribution >= 0.6 is 23.2 Å². The zero-order valence-electron chi connectivity index (χ0n) is 9.10. The van der Waals surface area contributed by atoms with E-state index < -0.39 is 0 Å². The van der Waals surface area contributed by atoms with Gasteiger partial charge in [0.1, 0.15) is 10.3 Å². The molecule has 0 spiro atoms. The summed E-state index contributed by atoms with van der Waals surface area (Å²) in [5.41, 5.74) is 0.712. The summed E-state index contributed by atoms with van der Waals surface area (Å²) in [5, 5.41) is 0.803. The Kier molecular flexibility index (Phi) is 5.81. The lowest BCUT2D eigenvalue weighted by Crippen LogP contribution is -2.13. The molecule has 0 aliphatic heterocycles. The van der Waals surface area contributed by atoms with Crippen LogP contribution in [0.25, 0.3) is 0 Å². The quantitative estimate of drug-likeness (QED) is 0.701. The Hall–Kier alpha value is -0.540. The largest absolute Gasteiger partial charge is 0.347 e. The molecule has 0 saturated carbocycles. The molecule has 0 atom stereocenters. The molecule has 0 saturated heterocycles. The van der Waals surface area contributed by atoms with Crippen molar-refractivity contribution < 1.29 is 0 Å². The van der Waals surface area contributed by atoms with Crippen molar-refractivity contribution in [2.24, 2.45) is 0 Å². The van der Waals surface area contributed by atoms with Gasteiger partial charge in [0.25, 0.3) is 0 Å². The molecule has 0 aromatic carbocycles. The van der Waals surface area contributed by atoms with Crippen LogP contribution in [-0.2, 0) is 0 Å². The van der Waals surface area contributed by atoms with Gasteiger partial charge in [-0.1, -0.05) is 37.0 Å². The Morgan fingerprint density at radius 2 is 1.36 bits per heavy atom. The summed E-state index contributed by atoms with van der Waals surface area (Å²) in [6.07, 6.45) is 0. The minimum atomic E-state index is 0.402. The van der Waals surface area contributed by atoms with Gasteiger partial charge in [0, 0.05) is 19.7 Å². The molecule has 0 aliphatic carbocycles. The van der Waals surface area contributed by atoms with E-state index in [0.29, 0.717) is 21.8 Å². The predicted molar refractivity (Wildman–Crippen MR) is 62.5 cm³/mol. The molecule has 1 aromatic rings. The van der Waals surface area contributed by atoms with Gasteiger partial charge in [-0.3, -0.25) is 0 Å². The first-order chi connectivity index (χ1) is 6.52. The minimum Gasteiger partial charge on any atom is -0.347 e. The molecule has 0 amide bonds. The lowest BCUT2D eigenvalue weighted by Gasteiger charge is -2.11. The number of hydrogen-bond donors (Lipinski definition) is 0. The summed E-state index contributed by atoms with van der Waals surface area (Å²) < 4.78 is 0. The smallest absolute Gasteiger partial charge is 0.227 e. The fourth-order valence-corrected chi connectivity index (χ4v) is 1.03. The van der Waals surface area contributed by atoms with Gasteiger partial charge in [0.15, 0.2) is 0 Å². The van der Waals surface area contributed by atoms with E-state index in [1.807, 2.05) is 27.9 Å². The first kappa shape index (κ1) is 13.5. The van der Waals surface area contributed by atoms with E-state index in [-0.39, 0.29) is 0 Å². The second kappa shape index (κ2) is 6.04. The summed E-state index contributed by atoms with van der Waals surface area (Å²) in [6.45, 7) is 5.78. The number of hydrogen-bond acceptors (Lipinski definition) is 3. The van der Waals surface area contributed by atoms with Crippen LogP contribution in [-0.4, -0.2) is 24.1 Å². The molecule has 5 heteroatoms. The number of rotatable bonds is 1. The third kappa shape index (κ3) is 3.31. The van der Waals surface area contributed by atoms with E-state index in [1.165, 1.54) is 0 Å². The summed E-state index contributed by atoms with van der Waals surface area (Å²) in [5.74, 6) is 0.524. The molecule has 0 unspecified atom stereocenters. The lowest BCUT2D eigenvalue weighted by molar-refractivity contribution is 0.989. The lowest BCUT2D eigenvalue weighted by atomic mass is 10.4. The fourth-order valence-electron chi connectivity index (χ4n) is 0.653. The highest BCUT2D eigenvalue weighted by Gasteiger charge is 2.07. The first-order valence-electron chi connectivity index (χ1n) is 4.39. The molecule has 0 radical (unpaired) electrons. The highest BCUT2D eigenvalue weighted by atomic mass is 35.5. The Bertz CT molecular complexity index is 277. The van der Waals surface area contributed by atoms with Crippen molar-refractivity contribution in [3.63, 3.8) is 0 Å². The topological polar surface area (TPSA) is 29.0 Å². The van der Waals surface area contributed by atoms with E-state index in [2.05, 4.69) is 9.97 Å². The van der Waals surface area contributed by atoms with Crippen molar-refractivity contribution in [1.29, 1.82) is 0 Å². The highest BCUT2D eigenvalue weighted by Crippen LogP contribution is 2.21. The van der Waals surface area contributed by atoms with Crippen molar-refractivity contribution >= 4 is 29.2 Å². The SMILES string of the molecule is CC.Cc1c(Cl)nc(N(C)C)nc1Cl. The summed E-state index contributed by atoms with van der Waals surface area (Å²) in [4.78, 5) is 9.80. The van der Waals surface area contributed by atoms with Crippen molar-refractivity contribution in [2.75, 3.05) is 19.0 Å². The highest BCUT2D eigenvalue weighted by molar-refractivity contribution is 6.34. The van der Waals surface area contributed by atoms with Crippen molar-refractivity contribution in [3.05, 3.63) is 15.9 Å². The predicted octanol–water partition coefficient (Wildman–Crippen LogP) is 3.18. The molecule has 3 nitrogen and oxygen atoms in total. The normalized spacial score (nSPS) is 9.07. The molecule has 0 fully saturated rings. The Balaban J connectivity index is 0.000000791. The maximum absolute atomic E-state index is 5.80. The molecule has 0 aliphatic rings. The number of aromatic nitrogens is 2. The van der Waals surface area contributed by atoms with Crippen LogP contribution in [0.2, 0.25) is 10.3 Å². The van der Waals surface area contributed by atoms with E-state index >= 15 is 0 Å². The maximum atomic E-state index is 5.80. The zero-order chi connectivity index (χ0) is 11.3. The third-order valence-electron chi connectivity index (χ3n) is 1.42. The first-order valence-corrected chi connectivity index (χ1v) is 5.15. The number of nitrogens with zero attached hydrogens (tertiary/aromatic N) is 3. The summed E-state index contributed by atoms with van der Waals surface area (Å²) in [6, 6.07) is 0. The Morgan fingerprint density at radius 3 is 1.64 bits per heavy atom. The molecule has 1 rings (SSSR count). The van der Waals surface area contributed by atoms with Crippen LogP contribution < -0.4 is 4.90 Å². The number of halogens is 2. The second-order valence-electron chi connectivity index (χ2n) is 2.62. The molecular formula is C9H15Cl2N3. The molecule has 14 heavy (non-hydrogen) atoms. The van der Waals surface area contributed by atoms with Gasteiger partial charge in [0.2, 0.25) is 5.95 Å². The van der Waals surface area contributed by atoms with Gasteiger partial charge in [-0.05, 0) is 6.92 Å². The standard InChI is InChI=1S/C7H9Cl2N3.C2H6/c1-4-5(8)10-7(12(2)3)11-6(4)9;1-2/h1-3H3;1-2H3. The van der Waals surface area contributed by atoms with Gasteiger partial charge in [-0.25, -0.2) is 9.97 Å². The van der Waals surface area contributed by atoms with Gasteiger partial charge in [-0.15, -0.1) is 0 Å². The molecule has 1 aromatic heterocycles. The van der Waals surface area contributed by atoms with Crippen molar-refractivity contribution in [3.8, 4) is 0 Å². The van der Waals surface area contributed by atoms with Crippen LogP contribution in [0.4, 0.5) is 5.95 Å². The average Bonchev–Trinajstić information content (AvgIpc) is 2.16. The van der Waals surface area contributed by atoms with Crippen LogP contribution in [0.1, 0.15) is 19.4 Å². The van der Waals surface area contributed by atoms with Crippen LogP contribution in [0.5, 0.6) is 0 Å². The Morgan fingerprint density at radius 1 is 1.00 bits per heavy atom. The van der Waals surface area contributed by atoms with E-state index in [4.69, 9.17) is 23.2 Å². The van der Waals surface area contributed by atoms with E-state index in [1.54, 1.807) is 11.8 Å².